The number of aromatic hydroxyl groups is 1. The van der Waals surface area contributed by atoms with E-state index in [9.17, 15) is 19.5 Å². The highest BCUT2D eigenvalue weighted by Crippen LogP contribution is 2.33. The van der Waals surface area contributed by atoms with Gasteiger partial charge in [0.1, 0.15) is 0 Å². The molecule has 1 atom stereocenters. The zero-order valence-electron chi connectivity index (χ0n) is 17.1. The Kier molecular flexibility index (Phi) is 6.24. The van der Waals surface area contributed by atoms with Crippen molar-refractivity contribution in [2.75, 3.05) is 0 Å². The minimum atomic E-state index is -1.26. The van der Waals surface area contributed by atoms with E-state index in [0.717, 1.165) is 40.8 Å². The Labute approximate surface area is 177 Å². The number of para-hydroxylation sites is 1. The molecule has 9 heteroatoms. The van der Waals surface area contributed by atoms with Gasteiger partial charge in [-0.1, -0.05) is 18.2 Å². The number of carboxylic acids is 2. The molecule has 0 saturated carbocycles. The van der Waals surface area contributed by atoms with Crippen LogP contribution < -0.4 is 0 Å². The fraction of sp³-hybridized carbons (Fsp3) is 0.273. The van der Waals surface area contributed by atoms with Crippen LogP contribution in [0.1, 0.15) is 33.9 Å². The number of carboxylic acid groups (broad SMARTS) is 2. The van der Waals surface area contributed by atoms with Crippen molar-refractivity contribution in [2.45, 2.75) is 33.1 Å². The monoisotopic (exact) mass is 425 g/mol. The first-order chi connectivity index (χ1) is 14.7. The van der Waals surface area contributed by atoms with Gasteiger partial charge in [0, 0.05) is 41.3 Å². The SMILES string of the molecule is Cc1[nH]c(O)nc1CC1CCc2c(C)c3ccccc3n2C1=O.O=C(O)/C=C\C(=O)O. The van der Waals surface area contributed by atoms with Crippen LogP contribution in [0.25, 0.3) is 10.9 Å². The molecule has 0 bridgehead atoms. The van der Waals surface area contributed by atoms with E-state index in [1.807, 2.05) is 29.7 Å². The number of aromatic amines is 1. The number of carbonyl (C=O) groups excluding carboxylic acids is 1. The third kappa shape index (κ3) is 4.66. The zero-order chi connectivity index (χ0) is 22.7. The van der Waals surface area contributed by atoms with Gasteiger partial charge in [0.05, 0.1) is 11.2 Å². The topological polar surface area (TPSA) is 146 Å². The van der Waals surface area contributed by atoms with Crippen LogP contribution in [-0.4, -0.2) is 47.7 Å². The van der Waals surface area contributed by atoms with Crippen LogP contribution in [0.5, 0.6) is 6.01 Å². The molecule has 4 N–H and O–H groups in total. The van der Waals surface area contributed by atoms with Crippen LogP contribution in [-0.2, 0) is 22.4 Å². The van der Waals surface area contributed by atoms with E-state index >= 15 is 0 Å². The van der Waals surface area contributed by atoms with E-state index < -0.39 is 11.9 Å². The Morgan fingerprint density at radius 3 is 2.42 bits per heavy atom. The van der Waals surface area contributed by atoms with E-state index in [1.54, 1.807) is 0 Å². The van der Waals surface area contributed by atoms with Gasteiger partial charge in [0.25, 0.3) is 6.01 Å². The maximum atomic E-state index is 13.0. The van der Waals surface area contributed by atoms with Crippen LogP contribution in [0.3, 0.4) is 0 Å². The molecule has 2 aromatic heterocycles. The van der Waals surface area contributed by atoms with E-state index in [4.69, 9.17) is 10.2 Å². The number of aliphatic carboxylic acids is 2. The Morgan fingerprint density at radius 2 is 1.84 bits per heavy atom. The highest BCUT2D eigenvalue weighted by atomic mass is 16.4. The summed E-state index contributed by atoms with van der Waals surface area (Å²) in [7, 11) is 0. The second-order valence-corrected chi connectivity index (χ2v) is 7.34. The lowest BCUT2D eigenvalue weighted by atomic mass is 9.91. The number of hydrogen-bond donors (Lipinski definition) is 4. The Morgan fingerprint density at radius 1 is 1.19 bits per heavy atom. The molecule has 0 amide bonds. The lowest BCUT2D eigenvalue weighted by Gasteiger charge is -2.23. The molecule has 1 aliphatic rings. The summed E-state index contributed by atoms with van der Waals surface area (Å²) < 4.78 is 1.89. The molecule has 4 rings (SSSR count). The maximum absolute atomic E-state index is 13.0. The van der Waals surface area contributed by atoms with Crippen LogP contribution in [0, 0.1) is 19.8 Å². The van der Waals surface area contributed by atoms with Gasteiger partial charge in [0.15, 0.2) is 0 Å². The van der Waals surface area contributed by atoms with Gasteiger partial charge < -0.3 is 20.3 Å². The number of nitrogens with one attached hydrogen (secondary N) is 1. The summed E-state index contributed by atoms with van der Waals surface area (Å²) >= 11 is 0. The van der Waals surface area contributed by atoms with Crippen molar-refractivity contribution in [3.8, 4) is 6.01 Å². The molecule has 0 spiro atoms. The molecule has 1 unspecified atom stereocenters. The Balaban J connectivity index is 0.000000293. The molecule has 3 heterocycles. The van der Waals surface area contributed by atoms with Crippen molar-refractivity contribution in [3.63, 3.8) is 0 Å². The first-order valence-electron chi connectivity index (χ1n) is 9.70. The van der Waals surface area contributed by atoms with Crippen molar-refractivity contribution >= 4 is 28.7 Å². The molecule has 0 saturated heterocycles. The van der Waals surface area contributed by atoms with Gasteiger partial charge in [0.2, 0.25) is 5.91 Å². The second kappa shape index (κ2) is 8.86. The van der Waals surface area contributed by atoms with Crippen LogP contribution in [0.2, 0.25) is 0 Å². The Hall–Kier alpha value is -3.88. The van der Waals surface area contributed by atoms with Gasteiger partial charge in [-0.15, -0.1) is 0 Å². The summed E-state index contributed by atoms with van der Waals surface area (Å²) in [6.45, 7) is 3.97. The largest absolute Gasteiger partial charge is 0.480 e. The van der Waals surface area contributed by atoms with Crippen molar-refractivity contribution in [3.05, 3.63) is 59.1 Å². The van der Waals surface area contributed by atoms with Crippen LogP contribution in [0.15, 0.2) is 36.4 Å². The summed E-state index contributed by atoms with van der Waals surface area (Å²) in [6.07, 6.45) is 3.40. The number of carbonyl (C=O) groups is 3. The normalized spacial score (nSPS) is 15.5. The number of fused-ring (bicyclic) bond motifs is 3. The number of imidazole rings is 1. The minimum Gasteiger partial charge on any atom is -0.480 e. The number of aryl methyl sites for hydroxylation is 2. The van der Waals surface area contributed by atoms with E-state index in [-0.39, 0.29) is 17.8 Å². The van der Waals surface area contributed by atoms with Crippen molar-refractivity contribution in [1.29, 1.82) is 0 Å². The number of hydrogen-bond acceptors (Lipinski definition) is 5. The third-order valence-electron chi connectivity index (χ3n) is 5.33. The molecule has 1 aromatic carbocycles. The number of nitrogens with zero attached hydrogens (tertiary/aromatic N) is 2. The average Bonchev–Trinajstić information content (AvgIpc) is 3.19. The molecule has 0 radical (unpaired) electrons. The number of benzene rings is 1. The fourth-order valence-electron chi connectivity index (χ4n) is 3.87. The second-order valence-electron chi connectivity index (χ2n) is 7.34. The molecule has 9 nitrogen and oxygen atoms in total. The van der Waals surface area contributed by atoms with Gasteiger partial charge in [-0.2, -0.15) is 0 Å². The molecule has 3 aromatic rings. The number of H-pyrrole nitrogens is 1. The maximum Gasteiger partial charge on any atom is 0.328 e. The van der Waals surface area contributed by atoms with Crippen LogP contribution in [0.4, 0.5) is 0 Å². The average molecular weight is 425 g/mol. The number of rotatable bonds is 4. The summed E-state index contributed by atoms with van der Waals surface area (Å²) in [4.78, 5) is 39.0. The van der Waals surface area contributed by atoms with E-state index in [2.05, 4.69) is 23.0 Å². The van der Waals surface area contributed by atoms with Gasteiger partial charge >= 0.3 is 11.9 Å². The summed E-state index contributed by atoms with van der Waals surface area (Å²) in [5, 5.41) is 26.3. The van der Waals surface area contributed by atoms with Gasteiger partial charge in [-0.05, 0) is 38.3 Å². The standard InChI is InChI=1S/C18H19N3O2.C4H4O4/c1-10-13-5-3-4-6-16(13)21-15(10)8-7-12(17(21)22)9-14-11(2)19-18(23)20-14;5-3(6)1-2-4(7)8/h3-6,12H,7-9H2,1-2H3,(H2,19,20,23);1-2H,(H,5,6)(H,7,8)/b;2-1-. The zero-order valence-corrected chi connectivity index (χ0v) is 17.1. The predicted octanol–water partition coefficient (Wildman–Crippen LogP) is 2.84. The first kappa shape index (κ1) is 21.8. The minimum absolute atomic E-state index is 0.0799. The molecular formula is C22H23N3O6. The molecular weight excluding hydrogens is 402 g/mol. The van der Waals surface area contributed by atoms with E-state index in [0.29, 0.717) is 18.6 Å². The fourth-order valence-corrected chi connectivity index (χ4v) is 3.87. The van der Waals surface area contributed by atoms with Crippen molar-refractivity contribution < 1.29 is 29.7 Å². The lowest BCUT2D eigenvalue weighted by molar-refractivity contribution is -0.134. The predicted molar refractivity (Wildman–Crippen MR) is 112 cm³/mol. The number of aromatic nitrogens is 3. The lowest BCUT2D eigenvalue weighted by Crippen LogP contribution is -2.30. The van der Waals surface area contributed by atoms with Gasteiger partial charge in [-0.3, -0.25) is 9.36 Å². The van der Waals surface area contributed by atoms with Gasteiger partial charge in [-0.25, -0.2) is 14.6 Å². The molecule has 1 aliphatic heterocycles. The highest BCUT2D eigenvalue weighted by molar-refractivity contribution is 5.97. The smallest absolute Gasteiger partial charge is 0.328 e. The molecule has 0 aliphatic carbocycles. The van der Waals surface area contributed by atoms with Crippen molar-refractivity contribution in [1.82, 2.24) is 14.5 Å². The summed E-state index contributed by atoms with van der Waals surface area (Å²) in [5.41, 5.74) is 4.94. The van der Waals surface area contributed by atoms with Crippen LogP contribution >= 0.6 is 0 Å². The molecule has 0 fully saturated rings. The summed E-state index contributed by atoms with van der Waals surface area (Å²) in [5.74, 6) is -2.48. The third-order valence-corrected chi connectivity index (χ3v) is 5.33. The summed E-state index contributed by atoms with van der Waals surface area (Å²) in [6, 6.07) is 8.00. The van der Waals surface area contributed by atoms with E-state index in [1.165, 1.54) is 5.56 Å². The highest BCUT2D eigenvalue weighted by Gasteiger charge is 2.31. The first-order valence-corrected chi connectivity index (χ1v) is 9.70. The molecule has 31 heavy (non-hydrogen) atoms. The quantitative estimate of drug-likeness (QED) is 0.470. The van der Waals surface area contributed by atoms with Crippen molar-refractivity contribution in [2.24, 2.45) is 5.92 Å². The Bertz CT molecular complexity index is 1170. The molecule has 162 valence electrons.